The number of aliphatic hydroxyl groups is 1. The molecular formula is C16H23NO2. The summed E-state index contributed by atoms with van der Waals surface area (Å²) in [4.78, 5) is 11.7. The lowest BCUT2D eigenvalue weighted by Gasteiger charge is -2.14. The van der Waals surface area contributed by atoms with E-state index >= 15 is 0 Å². The lowest BCUT2D eigenvalue weighted by molar-refractivity contribution is -0.121. The Morgan fingerprint density at radius 1 is 1.26 bits per heavy atom. The third kappa shape index (κ3) is 4.67. The van der Waals surface area contributed by atoms with E-state index in [4.69, 9.17) is 0 Å². The molecule has 0 heterocycles. The lowest BCUT2D eigenvalue weighted by Crippen LogP contribution is -2.32. The van der Waals surface area contributed by atoms with E-state index in [1.807, 2.05) is 18.2 Å². The average molecular weight is 261 g/mol. The van der Waals surface area contributed by atoms with Gasteiger partial charge in [0, 0.05) is 18.9 Å². The molecular weight excluding hydrogens is 238 g/mol. The first-order valence-electron chi connectivity index (χ1n) is 7.24. The van der Waals surface area contributed by atoms with E-state index in [2.05, 4.69) is 17.4 Å². The maximum atomic E-state index is 11.7. The van der Waals surface area contributed by atoms with Gasteiger partial charge >= 0.3 is 0 Å². The number of carbonyl (C=O) groups is 1. The van der Waals surface area contributed by atoms with Crippen molar-refractivity contribution in [1.29, 1.82) is 0 Å². The third-order valence-corrected chi connectivity index (χ3v) is 3.89. The Hall–Kier alpha value is -1.35. The monoisotopic (exact) mass is 261 g/mol. The van der Waals surface area contributed by atoms with Crippen molar-refractivity contribution in [3.63, 3.8) is 0 Å². The molecule has 3 nitrogen and oxygen atoms in total. The van der Waals surface area contributed by atoms with Crippen molar-refractivity contribution >= 4 is 5.91 Å². The van der Waals surface area contributed by atoms with Crippen LogP contribution in [0.25, 0.3) is 0 Å². The molecule has 0 unspecified atom stereocenters. The van der Waals surface area contributed by atoms with E-state index in [0.717, 1.165) is 32.1 Å². The summed E-state index contributed by atoms with van der Waals surface area (Å²) in [6, 6.07) is 10.2. The highest BCUT2D eigenvalue weighted by molar-refractivity contribution is 5.75. The van der Waals surface area contributed by atoms with Gasteiger partial charge in [-0.15, -0.1) is 0 Å². The molecule has 1 amide bonds. The zero-order chi connectivity index (χ0) is 13.5. The molecule has 2 N–H and O–H groups in total. The summed E-state index contributed by atoms with van der Waals surface area (Å²) in [5, 5.41) is 12.6. The van der Waals surface area contributed by atoms with E-state index in [9.17, 15) is 9.90 Å². The van der Waals surface area contributed by atoms with Crippen molar-refractivity contribution in [3.8, 4) is 0 Å². The highest BCUT2D eigenvalue weighted by Crippen LogP contribution is 2.24. The molecule has 0 aromatic heterocycles. The molecule has 2 atom stereocenters. The fourth-order valence-electron chi connectivity index (χ4n) is 2.69. The molecule has 0 bridgehead atoms. The van der Waals surface area contributed by atoms with Gasteiger partial charge in [-0.25, -0.2) is 0 Å². The van der Waals surface area contributed by atoms with E-state index in [-0.39, 0.29) is 17.9 Å². The number of benzene rings is 1. The van der Waals surface area contributed by atoms with Crippen LogP contribution in [0.4, 0.5) is 0 Å². The number of hydrogen-bond acceptors (Lipinski definition) is 2. The van der Waals surface area contributed by atoms with Gasteiger partial charge in [0.15, 0.2) is 0 Å². The Balaban J connectivity index is 1.59. The first kappa shape index (κ1) is 14.1. The predicted molar refractivity (Wildman–Crippen MR) is 75.7 cm³/mol. The Morgan fingerprint density at radius 3 is 2.74 bits per heavy atom. The fraction of sp³-hybridized carbons (Fsp3) is 0.562. The quantitative estimate of drug-likeness (QED) is 0.825. The summed E-state index contributed by atoms with van der Waals surface area (Å²) >= 11 is 0. The third-order valence-electron chi connectivity index (χ3n) is 3.89. The molecule has 3 heteroatoms. The summed E-state index contributed by atoms with van der Waals surface area (Å²) in [5.74, 6) is 0.369. The van der Waals surface area contributed by atoms with Gasteiger partial charge in [-0.05, 0) is 31.2 Å². The van der Waals surface area contributed by atoms with Gasteiger partial charge in [0.2, 0.25) is 5.91 Å². The topological polar surface area (TPSA) is 49.3 Å². The minimum Gasteiger partial charge on any atom is -0.393 e. The predicted octanol–water partition coefficient (Wildman–Crippen LogP) is 2.29. The summed E-state index contributed by atoms with van der Waals surface area (Å²) in [5.41, 5.74) is 1.28. The van der Waals surface area contributed by atoms with E-state index in [1.54, 1.807) is 0 Å². The maximum Gasteiger partial charge on any atom is 0.220 e. The van der Waals surface area contributed by atoms with Crippen molar-refractivity contribution in [2.45, 2.75) is 44.6 Å². The number of rotatable bonds is 6. The van der Waals surface area contributed by atoms with Gasteiger partial charge in [-0.3, -0.25) is 4.79 Å². The van der Waals surface area contributed by atoms with Crippen LogP contribution in [0.3, 0.4) is 0 Å². The molecule has 19 heavy (non-hydrogen) atoms. The first-order valence-corrected chi connectivity index (χ1v) is 7.24. The van der Waals surface area contributed by atoms with Crippen LogP contribution in [0.1, 0.15) is 37.7 Å². The molecule has 1 saturated carbocycles. The molecule has 2 rings (SSSR count). The standard InChI is InChI=1S/C16H23NO2/c18-15-10-5-9-14(15)12-17-16(19)11-4-8-13-6-2-1-3-7-13/h1-3,6-7,14-15,18H,4-5,8-12H2,(H,17,19)/t14-,15-/m0/s1. The second kappa shape index (κ2) is 7.29. The molecule has 104 valence electrons. The zero-order valence-electron chi connectivity index (χ0n) is 11.3. The van der Waals surface area contributed by atoms with E-state index in [1.165, 1.54) is 5.56 Å². The maximum absolute atomic E-state index is 11.7. The fourth-order valence-corrected chi connectivity index (χ4v) is 2.69. The zero-order valence-corrected chi connectivity index (χ0v) is 11.3. The van der Waals surface area contributed by atoms with Crippen molar-refractivity contribution in [2.24, 2.45) is 5.92 Å². The van der Waals surface area contributed by atoms with Crippen LogP contribution in [0.5, 0.6) is 0 Å². The minimum absolute atomic E-state index is 0.107. The number of aryl methyl sites for hydroxylation is 1. The average Bonchev–Trinajstić information content (AvgIpc) is 2.83. The van der Waals surface area contributed by atoms with Crippen LogP contribution in [0.2, 0.25) is 0 Å². The highest BCUT2D eigenvalue weighted by Gasteiger charge is 2.25. The van der Waals surface area contributed by atoms with Crippen molar-refractivity contribution in [2.75, 3.05) is 6.54 Å². The van der Waals surface area contributed by atoms with Crippen LogP contribution in [0.15, 0.2) is 30.3 Å². The minimum atomic E-state index is -0.218. The molecule has 0 aliphatic heterocycles. The number of hydrogen-bond donors (Lipinski definition) is 2. The summed E-state index contributed by atoms with van der Waals surface area (Å²) in [7, 11) is 0. The van der Waals surface area contributed by atoms with Crippen molar-refractivity contribution in [1.82, 2.24) is 5.32 Å². The number of nitrogens with one attached hydrogen (secondary N) is 1. The van der Waals surface area contributed by atoms with E-state index in [0.29, 0.717) is 13.0 Å². The summed E-state index contributed by atoms with van der Waals surface area (Å²) in [6.07, 6.45) is 5.17. The van der Waals surface area contributed by atoms with Crippen LogP contribution in [-0.4, -0.2) is 23.7 Å². The first-order chi connectivity index (χ1) is 9.25. The van der Waals surface area contributed by atoms with Gasteiger partial charge in [0.25, 0.3) is 0 Å². The van der Waals surface area contributed by atoms with Gasteiger partial charge in [-0.1, -0.05) is 36.8 Å². The normalized spacial score (nSPS) is 22.4. The molecule has 1 fully saturated rings. The number of aliphatic hydroxyl groups excluding tert-OH is 1. The van der Waals surface area contributed by atoms with Crippen LogP contribution < -0.4 is 5.32 Å². The SMILES string of the molecule is O=C(CCCc1ccccc1)NC[C@@H]1CCC[C@@H]1O. The Kier molecular flexibility index (Phi) is 5.40. The van der Waals surface area contributed by atoms with Gasteiger partial charge in [-0.2, -0.15) is 0 Å². The van der Waals surface area contributed by atoms with E-state index < -0.39 is 0 Å². The molecule has 1 aliphatic rings. The summed E-state index contributed by atoms with van der Waals surface area (Å²) < 4.78 is 0. The van der Waals surface area contributed by atoms with Crippen LogP contribution >= 0.6 is 0 Å². The molecule has 0 spiro atoms. The largest absolute Gasteiger partial charge is 0.393 e. The lowest BCUT2D eigenvalue weighted by atomic mass is 10.1. The number of carbonyl (C=O) groups excluding carboxylic acids is 1. The molecule has 1 aromatic carbocycles. The number of amides is 1. The Bertz CT molecular complexity index is 391. The second-order valence-electron chi connectivity index (χ2n) is 5.40. The molecule has 1 aliphatic carbocycles. The molecule has 0 saturated heterocycles. The van der Waals surface area contributed by atoms with Crippen LogP contribution in [-0.2, 0) is 11.2 Å². The van der Waals surface area contributed by atoms with Crippen LogP contribution in [0, 0.1) is 5.92 Å². The molecule has 1 aromatic rings. The van der Waals surface area contributed by atoms with Crippen molar-refractivity contribution in [3.05, 3.63) is 35.9 Å². The Labute approximate surface area is 115 Å². The molecule has 0 radical (unpaired) electrons. The second-order valence-corrected chi connectivity index (χ2v) is 5.40. The van der Waals surface area contributed by atoms with Crippen molar-refractivity contribution < 1.29 is 9.90 Å². The van der Waals surface area contributed by atoms with Gasteiger partial charge in [0.05, 0.1) is 6.10 Å². The smallest absolute Gasteiger partial charge is 0.220 e. The van der Waals surface area contributed by atoms with Gasteiger partial charge < -0.3 is 10.4 Å². The highest BCUT2D eigenvalue weighted by atomic mass is 16.3. The van der Waals surface area contributed by atoms with Gasteiger partial charge in [0.1, 0.15) is 0 Å². The Morgan fingerprint density at radius 2 is 2.05 bits per heavy atom. The summed E-state index contributed by atoms with van der Waals surface area (Å²) in [6.45, 7) is 0.630.